The molecule has 3 rings (SSSR count). The molecule has 0 saturated carbocycles. The topological polar surface area (TPSA) is 88.7 Å². The average Bonchev–Trinajstić information content (AvgIpc) is 2.76. The average molecular weight is 409 g/mol. The number of urea groups is 1. The van der Waals surface area contributed by atoms with Crippen molar-refractivity contribution < 1.29 is 23.5 Å². The van der Waals surface area contributed by atoms with E-state index in [1.165, 1.54) is 44.6 Å². The molecule has 0 fully saturated rings. The smallest absolute Gasteiger partial charge is 0.323 e. The Morgan fingerprint density at radius 3 is 1.87 bits per heavy atom. The lowest BCUT2D eigenvalue weighted by Gasteiger charge is -2.16. The second-order valence-electron chi connectivity index (χ2n) is 6.13. The summed E-state index contributed by atoms with van der Waals surface area (Å²) in [6, 6.07) is 16.9. The summed E-state index contributed by atoms with van der Waals surface area (Å²) in [5.41, 5.74) is 1.15. The molecule has 3 amide bonds. The molecule has 3 aromatic carbocycles. The van der Waals surface area contributed by atoms with Crippen molar-refractivity contribution in [1.29, 1.82) is 0 Å². The van der Waals surface area contributed by atoms with Gasteiger partial charge >= 0.3 is 6.03 Å². The van der Waals surface area contributed by atoms with Gasteiger partial charge in [0.05, 0.1) is 31.3 Å². The van der Waals surface area contributed by atoms with Crippen molar-refractivity contribution >= 4 is 29.0 Å². The highest BCUT2D eigenvalue weighted by Gasteiger charge is 2.16. The van der Waals surface area contributed by atoms with Gasteiger partial charge in [0, 0.05) is 17.7 Å². The van der Waals surface area contributed by atoms with Crippen molar-refractivity contribution in [2.24, 2.45) is 0 Å². The van der Waals surface area contributed by atoms with E-state index in [0.29, 0.717) is 17.0 Å². The molecular weight excluding hydrogens is 389 g/mol. The summed E-state index contributed by atoms with van der Waals surface area (Å²) in [6.45, 7) is 0. The lowest BCUT2D eigenvalue weighted by Crippen LogP contribution is -2.20. The number of rotatable bonds is 6. The van der Waals surface area contributed by atoms with Crippen LogP contribution in [0.4, 0.5) is 26.2 Å². The fourth-order valence-electron chi connectivity index (χ4n) is 2.72. The summed E-state index contributed by atoms with van der Waals surface area (Å²) in [4.78, 5) is 24.8. The summed E-state index contributed by atoms with van der Waals surface area (Å²) in [6.07, 6.45) is 0. The van der Waals surface area contributed by atoms with E-state index >= 15 is 0 Å². The molecule has 0 aliphatic carbocycles. The highest BCUT2D eigenvalue weighted by Crippen LogP contribution is 2.36. The first kappa shape index (κ1) is 20.7. The second-order valence-corrected chi connectivity index (χ2v) is 6.13. The van der Waals surface area contributed by atoms with Gasteiger partial charge in [0.2, 0.25) is 0 Å². The number of hydrogen-bond donors (Lipinski definition) is 3. The van der Waals surface area contributed by atoms with E-state index in [2.05, 4.69) is 16.0 Å². The molecule has 0 saturated heterocycles. The van der Waals surface area contributed by atoms with Crippen LogP contribution in [-0.4, -0.2) is 26.2 Å². The third-order valence-electron chi connectivity index (χ3n) is 4.18. The number of methoxy groups -OCH3 is 2. The van der Waals surface area contributed by atoms with Crippen LogP contribution in [-0.2, 0) is 0 Å². The molecule has 0 heterocycles. The molecule has 0 atom stereocenters. The molecule has 3 N–H and O–H groups in total. The van der Waals surface area contributed by atoms with Crippen LogP contribution in [0.2, 0.25) is 0 Å². The van der Waals surface area contributed by atoms with Gasteiger partial charge in [-0.05, 0) is 24.3 Å². The standard InChI is InChI=1S/C22H20FN3O4/c1-29-19-13-18(26-22(28)25-16-11-7-6-10-15(16)23)20(30-2)12-17(19)24-21(27)14-8-4-3-5-9-14/h3-13H,1-2H3,(H,24,27)(H2,25,26,28). The van der Waals surface area contributed by atoms with E-state index in [1.807, 2.05) is 6.07 Å². The number of amides is 3. The van der Waals surface area contributed by atoms with Crippen LogP contribution in [0.1, 0.15) is 10.4 Å². The SMILES string of the molecule is COc1cc(NC(=O)c2ccccc2)c(OC)cc1NC(=O)Nc1ccccc1F. The first-order valence-electron chi connectivity index (χ1n) is 8.96. The summed E-state index contributed by atoms with van der Waals surface area (Å²) in [5, 5.41) is 7.77. The highest BCUT2D eigenvalue weighted by molar-refractivity contribution is 6.06. The molecule has 0 aliphatic heterocycles. The van der Waals surface area contributed by atoms with Crippen LogP contribution < -0.4 is 25.4 Å². The maximum absolute atomic E-state index is 13.7. The van der Waals surface area contributed by atoms with Crippen molar-refractivity contribution in [2.75, 3.05) is 30.2 Å². The molecule has 7 nitrogen and oxygen atoms in total. The lowest BCUT2D eigenvalue weighted by molar-refractivity contribution is 0.102. The predicted octanol–water partition coefficient (Wildman–Crippen LogP) is 4.74. The Hall–Kier alpha value is -4.07. The number of hydrogen-bond acceptors (Lipinski definition) is 4. The zero-order valence-electron chi connectivity index (χ0n) is 16.4. The molecule has 0 unspecified atom stereocenters. The number of carbonyl (C=O) groups excluding carboxylic acids is 2. The molecule has 0 aromatic heterocycles. The summed E-state index contributed by atoms with van der Waals surface area (Å²) in [7, 11) is 2.85. The van der Waals surface area contributed by atoms with Crippen molar-refractivity contribution in [1.82, 2.24) is 0 Å². The zero-order chi connectivity index (χ0) is 21.5. The Bertz CT molecular complexity index is 1060. The summed E-state index contributed by atoms with van der Waals surface area (Å²) in [5.74, 6) is -0.297. The Labute approximate surface area is 172 Å². The minimum Gasteiger partial charge on any atom is -0.494 e. The Kier molecular flexibility index (Phi) is 6.49. The number of para-hydroxylation sites is 1. The van der Waals surface area contributed by atoms with E-state index < -0.39 is 11.8 Å². The van der Waals surface area contributed by atoms with Crippen molar-refractivity contribution in [2.45, 2.75) is 0 Å². The minimum absolute atomic E-state index is 0.0349. The zero-order valence-corrected chi connectivity index (χ0v) is 16.4. The Balaban J connectivity index is 1.81. The fraction of sp³-hybridized carbons (Fsp3) is 0.0909. The minimum atomic E-state index is -0.665. The van der Waals surface area contributed by atoms with Gasteiger partial charge in [0.1, 0.15) is 17.3 Å². The van der Waals surface area contributed by atoms with E-state index in [1.54, 1.807) is 30.3 Å². The number of nitrogens with one attached hydrogen (secondary N) is 3. The molecule has 0 aliphatic rings. The lowest BCUT2D eigenvalue weighted by atomic mass is 10.2. The second kappa shape index (κ2) is 9.42. The summed E-state index contributed by atoms with van der Waals surface area (Å²) >= 11 is 0. The van der Waals surface area contributed by atoms with Gasteiger partial charge in [-0.1, -0.05) is 30.3 Å². The van der Waals surface area contributed by atoms with Gasteiger partial charge in [0.15, 0.2) is 0 Å². The quantitative estimate of drug-likeness (QED) is 0.549. The molecule has 8 heteroatoms. The maximum atomic E-state index is 13.7. The molecule has 3 aromatic rings. The first-order chi connectivity index (χ1) is 14.5. The van der Waals surface area contributed by atoms with Gasteiger partial charge in [-0.3, -0.25) is 4.79 Å². The third kappa shape index (κ3) is 4.85. The molecule has 0 bridgehead atoms. The van der Waals surface area contributed by atoms with E-state index in [9.17, 15) is 14.0 Å². The van der Waals surface area contributed by atoms with Crippen LogP contribution in [0, 0.1) is 5.82 Å². The normalized spacial score (nSPS) is 10.1. The fourth-order valence-corrected chi connectivity index (χ4v) is 2.72. The van der Waals surface area contributed by atoms with Gasteiger partial charge in [0.25, 0.3) is 5.91 Å². The number of anilines is 3. The summed E-state index contributed by atoms with van der Waals surface area (Å²) < 4.78 is 24.4. The Morgan fingerprint density at radius 2 is 1.27 bits per heavy atom. The number of ether oxygens (including phenoxy) is 2. The van der Waals surface area contributed by atoms with Gasteiger partial charge < -0.3 is 25.4 Å². The van der Waals surface area contributed by atoms with E-state index in [4.69, 9.17) is 9.47 Å². The van der Waals surface area contributed by atoms with E-state index in [0.717, 1.165) is 0 Å². The largest absolute Gasteiger partial charge is 0.494 e. The monoisotopic (exact) mass is 409 g/mol. The van der Waals surface area contributed by atoms with Crippen LogP contribution in [0.15, 0.2) is 66.7 Å². The third-order valence-corrected chi connectivity index (χ3v) is 4.18. The van der Waals surface area contributed by atoms with Gasteiger partial charge in [-0.15, -0.1) is 0 Å². The molecular formula is C22H20FN3O4. The molecule has 30 heavy (non-hydrogen) atoms. The van der Waals surface area contributed by atoms with Crippen molar-refractivity contribution in [3.8, 4) is 11.5 Å². The van der Waals surface area contributed by atoms with Crippen LogP contribution in [0.3, 0.4) is 0 Å². The number of carbonyl (C=O) groups is 2. The van der Waals surface area contributed by atoms with E-state index in [-0.39, 0.29) is 23.0 Å². The molecule has 0 radical (unpaired) electrons. The molecule has 0 spiro atoms. The predicted molar refractivity (Wildman–Crippen MR) is 113 cm³/mol. The van der Waals surface area contributed by atoms with Gasteiger partial charge in [-0.25, -0.2) is 9.18 Å². The Morgan fingerprint density at radius 1 is 0.733 bits per heavy atom. The van der Waals surface area contributed by atoms with Crippen LogP contribution >= 0.6 is 0 Å². The van der Waals surface area contributed by atoms with Crippen molar-refractivity contribution in [3.63, 3.8) is 0 Å². The maximum Gasteiger partial charge on any atom is 0.323 e. The van der Waals surface area contributed by atoms with Crippen LogP contribution in [0.5, 0.6) is 11.5 Å². The molecule has 154 valence electrons. The first-order valence-corrected chi connectivity index (χ1v) is 8.96. The van der Waals surface area contributed by atoms with Gasteiger partial charge in [-0.2, -0.15) is 0 Å². The highest BCUT2D eigenvalue weighted by atomic mass is 19.1. The van der Waals surface area contributed by atoms with Crippen molar-refractivity contribution in [3.05, 3.63) is 78.1 Å². The number of halogens is 1. The number of benzene rings is 3. The van der Waals surface area contributed by atoms with Crippen LogP contribution in [0.25, 0.3) is 0 Å².